The molecule has 3 aliphatic rings. The molecular formula is C24H22N4O3S2. The van der Waals surface area contributed by atoms with E-state index in [-0.39, 0.29) is 16.4 Å². The lowest BCUT2D eigenvalue weighted by Crippen LogP contribution is -2.35. The van der Waals surface area contributed by atoms with Crippen LogP contribution in [0.15, 0.2) is 51.8 Å². The van der Waals surface area contributed by atoms with E-state index in [2.05, 4.69) is 26.8 Å². The number of benzene rings is 2. The van der Waals surface area contributed by atoms with Gasteiger partial charge < -0.3 is 4.90 Å². The lowest BCUT2D eigenvalue weighted by molar-refractivity contribution is 0.102. The molecule has 0 saturated carbocycles. The highest BCUT2D eigenvalue weighted by molar-refractivity contribution is 7.90. The van der Waals surface area contributed by atoms with Gasteiger partial charge in [-0.25, -0.2) is 4.98 Å². The summed E-state index contributed by atoms with van der Waals surface area (Å²) in [6.45, 7) is 0.735. The Morgan fingerprint density at radius 3 is 2.82 bits per heavy atom. The molecule has 0 spiro atoms. The van der Waals surface area contributed by atoms with Crippen LogP contribution in [0.1, 0.15) is 46.5 Å². The number of amidine groups is 1. The average molecular weight is 479 g/mol. The Morgan fingerprint density at radius 2 is 1.91 bits per heavy atom. The van der Waals surface area contributed by atoms with Crippen molar-refractivity contribution in [1.29, 1.82) is 0 Å². The zero-order valence-electron chi connectivity index (χ0n) is 17.9. The number of thiazole rings is 1. The van der Waals surface area contributed by atoms with Crippen molar-refractivity contribution in [1.82, 2.24) is 4.98 Å². The summed E-state index contributed by atoms with van der Waals surface area (Å²) in [7, 11) is -3.84. The second-order valence-corrected chi connectivity index (χ2v) is 11.2. The lowest BCUT2D eigenvalue weighted by Gasteiger charge is -2.29. The number of fused-ring (bicyclic) bond motifs is 6. The molecule has 1 fully saturated rings. The highest BCUT2D eigenvalue weighted by Gasteiger charge is 2.32. The quantitative estimate of drug-likeness (QED) is 0.579. The molecule has 3 heterocycles. The van der Waals surface area contributed by atoms with E-state index in [1.807, 2.05) is 17.0 Å². The fourth-order valence-electron chi connectivity index (χ4n) is 4.79. The van der Waals surface area contributed by atoms with Crippen molar-refractivity contribution < 1.29 is 13.2 Å². The summed E-state index contributed by atoms with van der Waals surface area (Å²) in [5, 5.41) is 3.39. The van der Waals surface area contributed by atoms with Crippen LogP contribution in [-0.4, -0.2) is 31.7 Å². The molecule has 0 atom stereocenters. The Hall–Kier alpha value is -3.04. The van der Waals surface area contributed by atoms with Crippen molar-refractivity contribution in [3.8, 4) is 11.3 Å². The monoisotopic (exact) mass is 478 g/mol. The maximum Gasteiger partial charge on any atom is 0.286 e. The molecule has 6 rings (SSSR count). The van der Waals surface area contributed by atoms with Crippen LogP contribution in [-0.2, 0) is 22.9 Å². The predicted molar refractivity (Wildman–Crippen MR) is 130 cm³/mol. The molecule has 0 radical (unpaired) electrons. The molecule has 0 unspecified atom stereocenters. The number of carbonyl (C=O) groups is 1. The second kappa shape index (κ2) is 7.78. The van der Waals surface area contributed by atoms with Gasteiger partial charge in [-0.15, -0.1) is 15.7 Å². The first-order valence-electron chi connectivity index (χ1n) is 11.1. The summed E-state index contributed by atoms with van der Waals surface area (Å²) < 4.78 is 29.8. The van der Waals surface area contributed by atoms with Crippen LogP contribution in [0.4, 0.5) is 10.8 Å². The third kappa shape index (κ3) is 3.55. The minimum Gasteiger partial charge on any atom is -0.328 e. The predicted octanol–water partition coefficient (Wildman–Crippen LogP) is 4.64. The fraction of sp³-hybridized carbons (Fsp3) is 0.292. The zero-order chi connectivity index (χ0) is 22.6. The molecule has 2 aromatic carbocycles. The van der Waals surface area contributed by atoms with E-state index in [1.54, 1.807) is 12.1 Å². The highest BCUT2D eigenvalue weighted by Crippen LogP contribution is 2.39. The van der Waals surface area contributed by atoms with E-state index >= 15 is 0 Å². The first kappa shape index (κ1) is 20.6. The molecule has 168 valence electrons. The standard InChI is InChI=1S/C24H22N4O3S2/c29-23(26-24-25-22-17-7-4-3-6-15(17)10-12-19(22)32-24)16-9-11-18-20(14-16)33(30,31)27-21-8-2-1-5-13-28(18)21/h3-4,6-7,9,11,14H,1-2,5,8,10,12-13H2,(H,25,26,29). The molecule has 1 saturated heterocycles. The molecule has 2 aliphatic heterocycles. The van der Waals surface area contributed by atoms with Crippen molar-refractivity contribution in [2.75, 3.05) is 16.8 Å². The molecule has 3 aromatic rings. The summed E-state index contributed by atoms with van der Waals surface area (Å²) in [5.74, 6) is 0.226. The van der Waals surface area contributed by atoms with E-state index < -0.39 is 10.0 Å². The van der Waals surface area contributed by atoms with Gasteiger partial charge in [0.25, 0.3) is 15.9 Å². The largest absolute Gasteiger partial charge is 0.328 e. The first-order chi connectivity index (χ1) is 16.0. The van der Waals surface area contributed by atoms with E-state index in [4.69, 9.17) is 0 Å². The molecule has 1 aliphatic carbocycles. The molecule has 9 heteroatoms. The Labute approximate surface area is 196 Å². The van der Waals surface area contributed by atoms with Gasteiger partial charge in [0.05, 0.1) is 11.4 Å². The third-order valence-electron chi connectivity index (χ3n) is 6.42. The van der Waals surface area contributed by atoms with E-state index in [0.717, 1.165) is 54.8 Å². The fourth-order valence-corrected chi connectivity index (χ4v) is 7.05. The van der Waals surface area contributed by atoms with E-state index in [1.165, 1.54) is 23.0 Å². The number of nitrogens with zero attached hydrogens (tertiary/aromatic N) is 3. The smallest absolute Gasteiger partial charge is 0.286 e. The van der Waals surface area contributed by atoms with Crippen LogP contribution in [0, 0.1) is 0 Å². The van der Waals surface area contributed by atoms with Crippen molar-refractivity contribution in [3.63, 3.8) is 0 Å². The van der Waals surface area contributed by atoms with Crippen molar-refractivity contribution >= 4 is 43.9 Å². The highest BCUT2D eigenvalue weighted by atomic mass is 32.2. The maximum atomic E-state index is 13.0. The van der Waals surface area contributed by atoms with Crippen molar-refractivity contribution in [2.24, 2.45) is 4.40 Å². The number of aromatic nitrogens is 1. The van der Waals surface area contributed by atoms with Crippen LogP contribution >= 0.6 is 11.3 Å². The molecule has 0 bridgehead atoms. The molecule has 1 N–H and O–H groups in total. The maximum absolute atomic E-state index is 13.0. The number of rotatable bonds is 2. The summed E-state index contributed by atoms with van der Waals surface area (Å²) in [6, 6.07) is 13.0. The van der Waals surface area contributed by atoms with Gasteiger partial charge in [-0.1, -0.05) is 30.7 Å². The van der Waals surface area contributed by atoms with Gasteiger partial charge in [0.2, 0.25) is 0 Å². The SMILES string of the molecule is O=C(Nc1nc2c(s1)CCc1ccccc1-2)c1ccc2c(c1)S(=O)(=O)N=C1CCCCCN12. The van der Waals surface area contributed by atoms with Gasteiger partial charge in [-0.3, -0.25) is 10.1 Å². The van der Waals surface area contributed by atoms with E-state index in [0.29, 0.717) is 23.1 Å². The number of aryl methyl sites for hydroxylation is 2. The number of sulfonamides is 1. The average Bonchev–Trinajstić information content (AvgIpc) is 3.09. The van der Waals surface area contributed by atoms with Gasteiger partial charge in [0.1, 0.15) is 10.7 Å². The molecule has 33 heavy (non-hydrogen) atoms. The number of anilines is 2. The minimum absolute atomic E-state index is 0.0909. The van der Waals surface area contributed by atoms with Gasteiger partial charge >= 0.3 is 0 Å². The molecular weight excluding hydrogens is 456 g/mol. The Bertz CT molecular complexity index is 1430. The van der Waals surface area contributed by atoms with Gasteiger partial charge in [0, 0.05) is 29.0 Å². The number of hydrogen-bond acceptors (Lipinski definition) is 6. The van der Waals surface area contributed by atoms with Crippen molar-refractivity contribution in [2.45, 2.75) is 43.4 Å². The first-order valence-corrected chi connectivity index (χ1v) is 13.4. The van der Waals surface area contributed by atoms with Crippen LogP contribution in [0.2, 0.25) is 0 Å². The van der Waals surface area contributed by atoms with E-state index in [9.17, 15) is 13.2 Å². The molecule has 1 amide bonds. The summed E-state index contributed by atoms with van der Waals surface area (Å²) in [6.07, 6.45) is 5.47. The minimum atomic E-state index is -3.84. The van der Waals surface area contributed by atoms with Crippen LogP contribution in [0.3, 0.4) is 0 Å². The number of hydrogen-bond donors (Lipinski definition) is 1. The summed E-state index contributed by atoms with van der Waals surface area (Å²) >= 11 is 1.48. The Balaban J connectivity index is 1.30. The van der Waals surface area contributed by atoms with Crippen molar-refractivity contribution in [3.05, 3.63) is 58.5 Å². The summed E-state index contributed by atoms with van der Waals surface area (Å²) in [5.41, 5.74) is 4.19. The Morgan fingerprint density at radius 1 is 1.03 bits per heavy atom. The van der Waals surface area contributed by atoms with Gasteiger partial charge in [-0.2, -0.15) is 8.42 Å². The van der Waals surface area contributed by atoms with Crippen LogP contribution < -0.4 is 10.2 Å². The zero-order valence-corrected chi connectivity index (χ0v) is 19.5. The number of carbonyl (C=O) groups excluding carboxylic acids is 1. The normalized spacial score (nSPS) is 18.2. The molecule has 7 nitrogen and oxygen atoms in total. The van der Waals surface area contributed by atoms with Gasteiger partial charge in [0.15, 0.2) is 5.13 Å². The number of amides is 1. The van der Waals surface area contributed by atoms with Gasteiger partial charge in [-0.05, 0) is 49.4 Å². The summed E-state index contributed by atoms with van der Waals surface area (Å²) in [4.78, 5) is 20.9. The topological polar surface area (TPSA) is 91.7 Å². The van der Waals surface area contributed by atoms with Crippen LogP contribution in [0.5, 0.6) is 0 Å². The number of nitrogens with one attached hydrogen (secondary N) is 1. The molecule has 1 aromatic heterocycles. The second-order valence-electron chi connectivity index (χ2n) is 8.53. The third-order valence-corrected chi connectivity index (χ3v) is 8.79. The van der Waals surface area contributed by atoms with Crippen LogP contribution in [0.25, 0.3) is 11.3 Å². The Kier molecular flexibility index (Phi) is 4.84. The lowest BCUT2D eigenvalue weighted by atomic mass is 9.94.